The van der Waals surface area contributed by atoms with E-state index in [1.807, 2.05) is 54.3 Å². The van der Waals surface area contributed by atoms with Gasteiger partial charge in [-0.1, -0.05) is 41.9 Å². The number of anilines is 1. The van der Waals surface area contributed by atoms with Crippen molar-refractivity contribution in [1.82, 2.24) is 15.2 Å². The van der Waals surface area contributed by atoms with Gasteiger partial charge in [-0.25, -0.2) is 4.99 Å². The lowest BCUT2D eigenvalue weighted by Crippen LogP contribution is -2.45. The van der Waals surface area contributed by atoms with Crippen LogP contribution in [0.1, 0.15) is 31.4 Å². The number of aliphatic hydroxyl groups excluding tert-OH is 1. The number of carbonyl (C=O) groups is 1. The lowest BCUT2D eigenvalue weighted by Gasteiger charge is -2.35. The summed E-state index contributed by atoms with van der Waals surface area (Å²) >= 11 is 6.55. The van der Waals surface area contributed by atoms with Gasteiger partial charge in [0, 0.05) is 36.0 Å². The van der Waals surface area contributed by atoms with Crippen molar-refractivity contribution in [2.24, 2.45) is 10.9 Å². The maximum absolute atomic E-state index is 13.7. The van der Waals surface area contributed by atoms with Gasteiger partial charge in [-0.2, -0.15) is 4.98 Å². The monoisotopic (exact) mass is 479 g/mol. The maximum atomic E-state index is 13.7. The van der Waals surface area contributed by atoms with Gasteiger partial charge in [0.05, 0.1) is 5.57 Å². The molecular formula is C25H26ClN5O3. The number of amides is 1. The van der Waals surface area contributed by atoms with Gasteiger partial charge in [0.1, 0.15) is 11.6 Å². The van der Waals surface area contributed by atoms with Crippen LogP contribution in [0.5, 0.6) is 0 Å². The molecule has 0 bridgehead atoms. The molecule has 0 aliphatic carbocycles. The first kappa shape index (κ1) is 22.4. The highest BCUT2D eigenvalue weighted by atomic mass is 35.5. The molecule has 1 aromatic heterocycles. The first-order valence-electron chi connectivity index (χ1n) is 11.4. The third-order valence-electron chi connectivity index (χ3n) is 6.26. The normalized spacial score (nSPS) is 20.8. The minimum atomic E-state index is -0.608. The van der Waals surface area contributed by atoms with Crippen LogP contribution in [0.15, 0.2) is 69.2 Å². The first-order valence-corrected chi connectivity index (χ1v) is 11.7. The third-order valence-corrected chi connectivity index (χ3v) is 6.60. The second-order valence-corrected chi connectivity index (χ2v) is 9.03. The molecule has 3 N–H and O–H groups in total. The van der Waals surface area contributed by atoms with E-state index in [1.165, 1.54) is 0 Å². The number of likely N-dealkylation sites (tertiary alicyclic amines) is 1. The van der Waals surface area contributed by atoms with Crippen LogP contribution in [-0.4, -0.2) is 46.6 Å². The zero-order chi connectivity index (χ0) is 23.7. The van der Waals surface area contributed by atoms with Crippen molar-refractivity contribution >= 4 is 40.6 Å². The van der Waals surface area contributed by atoms with Crippen LogP contribution in [0, 0.1) is 5.92 Å². The van der Waals surface area contributed by atoms with Gasteiger partial charge in [0.2, 0.25) is 5.96 Å². The number of para-hydroxylation sites is 2. The molecule has 0 radical (unpaired) electrons. The molecular weight excluding hydrogens is 454 g/mol. The summed E-state index contributed by atoms with van der Waals surface area (Å²) in [5, 5.41) is 16.5. The highest BCUT2D eigenvalue weighted by molar-refractivity contribution is 6.31. The number of aliphatic imine (C=N–C) groups is 1. The Bertz CT molecular complexity index is 1250. The van der Waals surface area contributed by atoms with E-state index in [2.05, 4.69) is 15.6 Å². The van der Waals surface area contributed by atoms with Gasteiger partial charge in [0.25, 0.3) is 5.91 Å². The van der Waals surface area contributed by atoms with Crippen LogP contribution in [-0.2, 0) is 4.79 Å². The number of allylic oxidation sites excluding steroid dienone is 1. The quantitative estimate of drug-likeness (QED) is 0.520. The highest BCUT2D eigenvalue weighted by Gasteiger charge is 2.35. The number of fused-ring (bicyclic) bond motifs is 1. The van der Waals surface area contributed by atoms with Crippen molar-refractivity contribution < 1.29 is 14.3 Å². The Morgan fingerprint density at radius 1 is 1.26 bits per heavy atom. The van der Waals surface area contributed by atoms with Gasteiger partial charge in [-0.15, -0.1) is 0 Å². The van der Waals surface area contributed by atoms with E-state index >= 15 is 0 Å². The molecule has 2 aromatic carbocycles. The summed E-state index contributed by atoms with van der Waals surface area (Å²) < 4.78 is 5.78. The Morgan fingerprint density at radius 2 is 2.06 bits per heavy atom. The molecule has 176 valence electrons. The smallest absolute Gasteiger partial charge is 0.302 e. The van der Waals surface area contributed by atoms with E-state index < -0.39 is 6.04 Å². The zero-order valence-electron chi connectivity index (χ0n) is 18.8. The summed E-state index contributed by atoms with van der Waals surface area (Å²) in [6, 6.07) is 14.6. The predicted octanol–water partition coefficient (Wildman–Crippen LogP) is 4.10. The SMILES string of the molecule is CC1=C(C(=O)N2CCCC(CO)C2)C(c2ccccc2Cl)N=C(Nc2nc3ccccc3o2)N1. The van der Waals surface area contributed by atoms with Crippen LogP contribution in [0.2, 0.25) is 5.02 Å². The van der Waals surface area contributed by atoms with E-state index in [0.29, 0.717) is 46.9 Å². The van der Waals surface area contributed by atoms with Gasteiger partial charge in [0.15, 0.2) is 5.58 Å². The fourth-order valence-electron chi connectivity index (χ4n) is 4.53. The lowest BCUT2D eigenvalue weighted by molar-refractivity contribution is -0.129. The maximum Gasteiger partial charge on any atom is 0.302 e. The van der Waals surface area contributed by atoms with Crippen molar-refractivity contribution in [1.29, 1.82) is 0 Å². The van der Waals surface area contributed by atoms with Crippen LogP contribution in [0.25, 0.3) is 11.1 Å². The number of piperidine rings is 1. The molecule has 2 unspecified atom stereocenters. The average Bonchev–Trinajstić information content (AvgIpc) is 3.26. The molecule has 0 spiro atoms. The van der Waals surface area contributed by atoms with Crippen LogP contribution in [0.3, 0.4) is 0 Å². The standard InChI is InChI=1S/C25H26ClN5O3/c1-15-21(23(33)31-12-6-7-16(13-31)14-32)22(17-8-2-3-9-18(17)26)29-24(27-15)30-25-28-19-10-4-5-11-20(19)34-25/h2-5,8-11,16,22,32H,6-7,12-14H2,1H3,(H2,27,28,29,30). The molecule has 5 rings (SSSR count). The molecule has 3 aromatic rings. The van der Waals surface area contributed by atoms with Gasteiger partial charge in [-0.05, 0) is 43.9 Å². The number of guanidine groups is 1. The largest absolute Gasteiger partial charge is 0.423 e. The number of rotatable bonds is 4. The van der Waals surface area contributed by atoms with E-state index in [4.69, 9.17) is 21.0 Å². The Labute approximate surface area is 202 Å². The molecule has 2 aliphatic heterocycles. The Morgan fingerprint density at radius 3 is 2.85 bits per heavy atom. The molecule has 2 aliphatic rings. The summed E-state index contributed by atoms with van der Waals surface area (Å²) in [7, 11) is 0. The number of hydrogen-bond acceptors (Lipinski definition) is 7. The van der Waals surface area contributed by atoms with E-state index in [0.717, 1.165) is 23.9 Å². The van der Waals surface area contributed by atoms with Crippen molar-refractivity contribution in [2.75, 3.05) is 25.0 Å². The summed E-state index contributed by atoms with van der Waals surface area (Å²) in [5.74, 6) is 0.406. The first-order chi connectivity index (χ1) is 16.5. The van der Waals surface area contributed by atoms with Gasteiger partial charge in [-0.3, -0.25) is 10.1 Å². The summed E-state index contributed by atoms with van der Waals surface area (Å²) in [4.78, 5) is 24.8. The topological polar surface area (TPSA) is 103 Å². The van der Waals surface area contributed by atoms with E-state index in [-0.39, 0.29) is 18.4 Å². The van der Waals surface area contributed by atoms with E-state index in [9.17, 15) is 9.90 Å². The van der Waals surface area contributed by atoms with Crippen molar-refractivity contribution in [2.45, 2.75) is 25.8 Å². The number of oxazole rings is 1. The summed E-state index contributed by atoms with van der Waals surface area (Å²) in [6.45, 7) is 3.11. The second kappa shape index (κ2) is 9.48. The fraction of sp³-hybridized carbons (Fsp3) is 0.320. The number of aromatic nitrogens is 1. The number of aliphatic hydroxyl groups is 1. The molecule has 9 heteroatoms. The number of nitrogens with one attached hydrogen (secondary N) is 2. The number of hydrogen-bond donors (Lipinski definition) is 3. The lowest BCUT2D eigenvalue weighted by atomic mass is 9.93. The molecule has 3 heterocycles. The van der Waals surface area contributed by atoms with Gasteiger partial charge < -0.3 is 19.7 Å². The van der Waals surface area contributed by atoms with Crippen molar-refractivity contribution in [3.63, 3.8) is 0 Å². The molecule has 1 amide bonds. The molecule has 0 saturated carbocycles. The van der Waals surface area contributed by atoms with Crippen LogP contribution >= 0.6 is 11.6 Å². The molecule has 1 fully saturated rings. The molecule has 2 atom stereocenters. The van der Waals surface area contributed by atoms with Crippen molar-refractivity contribution in [3.8, 4) is 0 Å². The minimum Gasteiger partial charge on any atom is -0.423 e. The molecule has 1 saturated heterocycles. The fourth-order valence-corrected chi connectivity index (χ4v) is 4.77. The Kier molecular flexibility index (Phi) is 6.26. The van der Waals surface area contributed by atoms with Gasteiger partial charge >= 0.3 is 6.01 Å². The molecule has 8 nitrogen and oxygen atoms in total. The predicted molar refractivity (Wildman–Crippen MR) is 131 cm³/mol. The Hall–Kier alpha value is -3.36. The number of halogens is 1. The van der Waals surface area contributed by atoms with E-state index in [1.54, 1.807) is 6.07 Å². The number of carbonyl (C=O) groups excluding carboxylic acids is 1. The van der Waals surface area contributed by atoms with Crippen LogP contribution in [0.4, 0.5) is 6.01 Å². The summed E-state index contributed by atoms with van der Waals surface area (Å²) in [5.41, 5.74) is 3.34. The number of nitrogens with zero attached hydrogens (tertiary/aromatic N) is 3. The second-order valence-electron chi connectivity index (χ2n) is 8.62. The zero-order valence-corrected chi connectivity index (χ0v) is 19.5. The number of benzene rings is 2. The third kappa shape index (κ3) is 4.38. The summed E-state index contributed by atoms with van der Waals surface area (Å²) in [6.07, 6.45) is 1.78. The minimum absolute atomic E-state index is 0.0741. The van der Waals surface area contributed by atoms with Crippen LogP contribution < -0.4 is 10.6 Å². The Balaban J connectivity index is 1.49. The molecule has 34 heavy (non-hydrogen) atoms. The average molecular weight is 480 g/mol. The highest BCUT2D eigenvalue weighted by Crippen LogP contribution is 2.36. The van der Waals surface area contributed by atoms with Crippen molar-refractivity contribution in [3.05, 3.63) is 70.4 Å².